The van der Waals surface area contributed by atoms with Crippen LogP contribution in [-0.2, 0) is 11.3 Å². The third-order valence-electron chi connectivity index (χ3n) is 4.56. The number of ether oxygens (including phenoxy) is 1. The maximum atomic E-state index is 13.3. The van der Waals surface area contributed by atoms with Crippen molar-refractivity contribution in [3.8, 4) is 11.8 Å². The Labute approximate surface area is 167 Å². The summed E-state index contributed by atoms with van der Waals surface area (Å²) in [6.45, 7) is 0.319. The van der Waals surface area contributed by atoms with Crippen molar-refractivity contribution >= 4 is 17.4 Å². The van der Waals surface area contributed by atoms with Crippen LogP contribution in [0.3, 0.4) is 0 Å². The summed E-state index contributed by atoms with van der Waals surface area (Å²) in [5.74, 6) is 0.240. The van der Waals surface area contributed by atoms with Crippen LogP contribution < -0.4 is 9.64 Å². The molecule has 1 aliphatic heterocycles. The molecule has 5 nitrogen and oxygen atoms in total. The van der Waals surface area contributed by atoms with Gasteiger partial charge in [-0.3, -0.25) is 4.79 Å². The molecule has 0 saturated carbocycles. The number of carbonyl (C=O) groups excluding carboxylic acids is 1. The number of nitriles is 1. The lowest BCUT2D eigenvalue weighted by Gasteiger charge is -2.19. The highest BCUT2D eigenvalue weighted by molar-refractivity contribution is 6.17. The van der Waals surface area contributed by atoms with Crippen molar-refractivity contribution in [2.45, 2.75) is 6.54 Å². The van der Waals surface area contributed by atoms with Crippen LogP contribution in [0, 0.1) is 17.1 Å². The van der Waals surface area contributed by atoms with E-state index in [-0.39, 0.29) is 12.4 Å². The molecule has 6 heteroatoms. The monoisotopic (exact) mass is 385 g/mol. The molecule has 4 rings (SSSR count). The van der Waals surface area contributed by atoms with Gasteiger partial charge in [-0.05, 0) is 54.1 Å². The first-order valence-electron chi connectivity index (χ1n) is 9.00. The van der Waals surface area contributed by atoms with Crippen molar-refractivity contribution in [1.82, 2.24) is 0 Å². The van der Waals surface area contributed by atoms with E-state index in [0.717, 1.165) is 16.8 Å². The van der Waals surface area contributed by atoms with E-state index in [4.69, 9.17) is 10.00 Å². The van der Waals surface area contributed by atoms with Gasteiger partial charge in [0.05, 0.1) is 18.2 Å². The highest BCUT2D eigenvalue weighted by atomic mass is 19.1. The van der Waals surface area contributed by atoms with Gasteiger partial charge in [-0.25, -0.2) is 4.39 Å². The van der Waals surface area contributed by atoms with Gasteiger partial charge in [-0.15, -0.1) is 0 Å². The van der Waals surface area contributed by atoms with E-state index < -0.39 is 5.91 Å². The van der Waals surface area contributed by atoms with Gasteiger partial charge >= 0.3 is 0 Å². The molecule has 142 valence electrons. The van der Waals surface area contributed by atoms with E-state index in [9.17, 15) is 9.18 Å². The molecule has 0 fully saturated rings. The number of nitrogens with zero attached hydrogens (tertiary/aromatic N) is 3. The molecule has 1 heterocycles. The molecule has 1 aliphatic rings. The van der Waals surface area contributed by atoms with Crippen LogP contribution in [0.25, 0.3) is 0 Å². The average Bonchev–Trinajstić information content (AvgIpc) is 3.11. The second-order valence-electron chi connectivity index (χ2n) is 6.47. The van der Waals surface area contributed by atoms with E-state index in [1.807, 2.05) is 35.2 Å². The van der Waals surface area contributed by atoms with E-state index in [1.165, 1.54) is 12.1 Å². The molecule has 3 aromatic carbocycles. The van der Waals surface area contributed by atoms with Gasteiger partial charge < -0.3 is 9.64 Å². The molecular formula is C23H16FN3O2. The van der Waals surface area contributed by atoms with E-state index in [2.05, 4.69) is 4.99 Å². The second-order valence-corrected chi connectivity index (χ2v) is 6.47. The number of anilines is 1. The maximum absolute atomic E-state index is 13.3. The lowest BCUT2D eigenvalue weighted by atomic mass is 10.1. The molecule has 0 saturated heterocycles. The standard InChI is InChI=1S/C23H16FN3O2/c24-18-7-9-19(10-8-18)27-14-17-3-1-2-4-21(17)23(27)26-22(28)15-29-20-11-5-16(13-25)6-12-20/h1-12H,14-15H2. The summed E-state index contributed by atoms with van der Waals surface area (Å²) in [5.41, 5.74) is 3.17. The van der Waals surface area contributed by atoms with Gasteiger partial charge in [0, 0.05) is 11.3 Å². The van der Waals surface area contributed by atoms with Crippen LogP contribution in [-0.4, -0.2) is 18.3 Å². The maximum Gasteiger partial charge on any atom is 0.285 e. The molecule has 0 radical (unpaired) electrons. The normalized spacial score (nSPS) is 13.8. The Hall–Kier alpha value is -3.98. The molecule has 29 heavy (non-hydrogen) atoms. The first-order valence-corrected chi connectivity index (χ1v) is 9.00. The zero-order valence-electron chi connectivity index (χ0n) is 15.4. The van der Waals surface area contributed by atoms with Crippen molar-refractivity contribution in [3.05, 3.63) is 95.3 Å². The van der Waals surface area contributed by atoms with Crippen LogP contribution in [0.1, 0.15) is 16.7 Å². The molecule has 0 atom stereocenters. The number of amides is 1. The predicted octanol–water partition coefficient (Wildman–Crippen LogP) is 4.07. The van der Waals surface area contributed by atoms with Crippen molar-refractivity contribution in [2.24, 2.45) is 4.99 Å². The Morgan fingerprint density at radius 2 is 1.79 bits per heavy atom. The summed E-state index contributed by atoms with van der Waals surface area (Å²) in [6.07, 6.45) is 0. The zero-order chi connectivity index (χ0) is 20.2. The molecule has 0 aliphatic carbocycles. The first kappa shape index (κ1) is 18.4. The number of rotatable bonds is 4. The molecule has 0 aromatic heterocycles. The first-order chi connectivity index (χ1) is 14.1. The van der Waals surface area contributed by atoms with Crippen LogP contribution >= 0.6 is 0 Å². The van der Waals surface area contributed by atoms with Crippen LogP contribution in [0.15, 0.2) is 77.8 Å². The summed E-state index contributed by atoms with van der Waals surface area (Å²) in [7, 11) is 0. The topological polar surface area (TPSA) is 65.7 Å². The zero-order valence-corrected chi connectivity index (χ0v) is 15.4. The Kier molecular flexibility index (Phi) is 5.04. The largest absolute Gasteiger partial charge is 0.484 e. The highest BCUT2D eigenvalue weighted by Gasteiger charge is 2.27. The number of hydrogen-bond acceptors (Lipinski definition) is 3. The molecular weight excluding hydrogens is 369 g/mol. The summed E-state index contributed by atoms with van der Waals surface area (Å²) in [6, 6.07) is 22.3. The fraction of sp³-hybridized carbons (Fsp3) is 0.0870. The third kappa shape index (κ3) is 3.99. The number of carbonyl (C=O) groups is 1. The van der Waals surface area contributed by atoms with E-state index in [0.29, 0.717) is 23.7 Å². The molecule has 0 bridgehead atoms. The molecule has 0 N–H and O–H groups in total. The highest BCUT2D eigenvalue weighted by Crippen LogP contribution is 2.29. The lowest BCUT2D eigenvalue weighted by molar-refractivity contribution is -0.119. The Balaban J connectivity index is 1.56. The number of benzene rings is 3. The minimum absolute atomic E-state index is 0.227. The second kappa shape index (κ2) is 7.95. The van der Waals surface area contributed by atoms with E-state index >= 15 is 0 Å². The number of fused-ring (bicyclic) bond motifs is 1. The Morgan fingerprint density at radius 3 is 2.52 bits per heavy atom. The number of hydrogen-bond donors (Lipinski definition) is 0. The van der Waals surface area contributed by atoms with Crippen molar-refractivity contribution in [2.75, 3.05) is 11.5 Å². The summed E-state index contributed by atoms with van der Waals surface area (Å²) < 4.78 is 18.8. The van der Waals surface area contributed by atoms with Gasteiger partial charge in [-0.1, -0.05) is 24.3 Å². The number of aliphatic imine (C=N–C) groups is 1. The minimum atomic E-state index is -0.437. The van der Waals surface area contributed by atoms with Crippen molar-refractivity contribution < 1.29 is 13.9 Å². The predicted molar refractivity (Wildman–Crippen MR) is 107 cm³/mol. The quantitative estimate of drug-likeness (QED) is 0.679. The van der Waals surface area contributed by atoms with Crippen LogP contribution in [0.5, 0.6) is 5.75 Å². The van der Waals surface area contributed by atoms with Gasteiger partial charge in [0.1, 0.15) is 17.4 Å². The third-order valence-corrected chi connectivity index (χ3v) is 4.56. The average molecular weight is 385 g/mol. The molecule has 0 spiro atoms. The molecule has 3 aromatic rings. The van der Waals surface area contributed by atoms with E-state index in [1.54, 1.807) is 36.4 Å². The van der Waals surface area contributed by atoms with Crippen LogP contribution in [0.4, 0.5) is 10.1 Å². The SMILES string of the molecule is N#Cc1ccc(OCC(=O)N=C2c3ccccc3CN2c2ccc(F)cc2)cc1. The fourth-order valence-corrected chi connectivity index (χ4v) is 3.14. The lowest BCUT2D eigenvalue weighted by Crippen LogP contribution is -2.26. The summed E-state index contributed by atoms with van der Waals surface area (Å²) >= 11 is 0. The van der Waals surface area contributed by atoms with Gasteiger partial charge in [0.15, 0.2) is 6.61 Å². The van der Waals surface area contributed by atoms with Gasteiger partial charge in [0.2, 0.25) is 0 Å². The van der Waals surface area contributed by atoms with Crippen molar-refractivity contribution in [1.29, 1.82) is 5.26 Å². The Morgan fingerprint density at radius 1 is 1.07 bits per heavy atom. The Bertz CT molecular complexity index is 1120. The fourth-order valence-electron chi connectivity index (χ4n) is 3.14. The summed E-state index contributed by atoms with van der Waals surface area (Å²) in [4.78, 5) is 18.6. The van der Waals surface area contributed by atoms with Gasteiger partial charge in [0.25, 0.3) is 5.91 Å². The smallest absolute Gasteiger partial charge is 0.285 e. The molecule has 0 unspecified atom stereocenters. The summed E-state index contributed by atoms with van der Waals surface area (Å²) in [5, 5.41) is 8.83. The number of halogens is 1. The minimum Gasteiger partial charge on any atom is -0.484 e. The van der Waals surface area contributed by atoms with Crippen molar-refractivity contribution in [3.63, 3.8) is 0 Å². The number of amidine groups is 1. The van der Waals surface area contributed by atoms with Crippen LogP contribution in [0.2, 0.25) is 0 Å². The molecule has 1 amide bonds. The van der Waals surface area contributed by atoms with Gasteiger partial charge in [-0.2, -0.15) is 10.3 Å².